The summed E-state index contributed by atoms with van der Waals surface area (Å²) < 4.78 is 5.21. The molecule has 1 saturated heterocycles. The van der Waals surface area contributed by atoms with Crippen molar-refractivity contribution < 1.29 is 24.4 Å². The van der Waals surface area contributed by atoms with Gasteiger partial charge < -0.3 is 25.0 Å². The summed E-state index contributed by atoms with van der Waals surface area (Å²) in [5.74, 6) is -0.203. The second-order valence-corrected chi connectivity index (χ2v) is 6.88. The molecule has 8 heteroatoms. The molecular formula is C16H23BN2O5. The number of hydrogen-bond acceptors (Lipinski definition) is 5. The molecule has 1 atom stereocenters. The first-order chi connectivity index (χ1) is 11.2. The summed E-state index contributed by atoms with van der Waals surface area (Å²) >= 11 is 0. The van der Waals surface area contributed by atoms with E-state index in [4.69, 9.17) is 4.74 Å². The largest absolute Gasteiger partial charge is 0.488 e. The molecule has 0 spiro atoms. The Morgan fingerprint density at radius 2 is 2.04 bits per heavy atom. The molecule has 0 bridgehead atoms. The normalized spacial score (nSPS) is 17.5. The summed E-state index contributed by atoms with van der Waals surface area (Å²) in [7, 11) is -1.61. The molecule has 1 aliphatic heterocycles. The lowest BCUT2D eigenvalue weighted by Crippen LogP contribution is -2.41. The lowest BCUT2D eigenvalue weighted by atomic mass is 9.79. The second-order valence-electron chi connectivity index (χ2n) is 6.88. The molecule has 0 aromatic heterocycles. The van der Waals surface area contributed by atoms with Crippen LogP contribution in [-0.4, -0.2) is 58.8 Å². The topological polar surface area (TPSA) is 99.1 Å². The zero-order valence-corrected chi connectivity index (χ0v) is 14.2. The third-order valence-electron chi connectivity index (χ3n) is 3.63. The molecule has 0 unspecified atom stereocenters. The number of ether oxygens (including phenoxy) is 1. The molecule has 1 heterocycles. The Kier molecular flexibility index (Phi) is 5.51. The van der Waals surface area contributed by atoms with E-state index in [2.05, 4.69) is 5.32 Å². The Labute approximate surface area is 141 Å². The highest BCUT2D eigenvalue weighted by Crippen LogP contribution is 2.14. The summed E-state index contributed by atoms with van der Waals surface area (Å²) in [4.78, 5) is 25.9. The number of carbonyl (C=O) groups excluding carboxylic acids is 2. The van der Waals surface area contributed by atoms with Gasteiger partial charge in [-0.2, -0.15) is 0 Å². The molecule has 1 fully saturated rings. The van der Waals surface area contributed by atoms with Crippen molar-refractivity contribution in [2.75, 3.05) is 13.1 Å². The van der Waals surface area contributed by atoms with Crippen molar-refractivity contribution in [3.8, 4) is 0 Å². The minimum Gasteiger partial charge on any atom is -0.444 e. The maximum atomic E-state index is 12.5. The molecule has 1 aliphatic rings. The van der Waals surface area contributed by atoms with Crippen molar-refractivity contribution in [2.24, 2.45) is 0 Å². The van der Waals surface area contributed by atoms with E-state index in [-0.39, 0.29) is 17.4 Å². The van der Waals surface area contributed by atoms with Gasteiger partial charge in [0.25, 0.3) is 5.91 Å². The average molecular weight is 334 g/mol. The first kappa shape index (κ1) is 18.3. The van der Waals surface area contributed by atoms with E-state index >= 15 is 0 Å². The van der Waals surface area contributed by atoms with Gasteiger partial charge in [0.2, 0.25) is 0 Å². The van der Waals surface area contributed by atoms with Crippen LogP contribution in [0.3, 0.4) is 0 Å². The predicted molar refractivity (Wildman–Crippen MR) is 89.9 cm³/mol. The summed E-state index contributed by atoms with van der Waals surface area (Å²) in [6.07, 6.45) is 0.153. The highest BCUT2D eigenvalue weighted by Gasteiger charge is 2.29. The summed E-state index contributed by atoms with van der Waals surface area (Å²) in [6.45, 7) is 6.29. The van der Waals surface area contributed by atoms with Crippen LogP contribution in [0.4, 0.5) is 4.79 Å². The van der Waals surface area contributed by atoms with Crippen LogP contribution in [0.15, 0.2) is 24.3 Å². The standard InChI is InChI=1S/C16H23BN2O5/c1-16(2,3)24-15(21)18-13-7-8-19(10-13)14(20)11-5-4-6-12(9-11)17(22)23/h4-6,9,13,22-23H,7-8,10H2,1-3H3,(H,18,21)/t13-/m0/s1. The zero-order valence-electron chi connectivity index (χ0n) is 14.2. The first-order valence-electron chi connectivity index (χ1n) is 7.90. The minimum absolute atomic E-state index is 0.157. The van der Waals surface area contributed by atoms with Crippen molar-refractivity contribution in [3.05, 3.63) is 29.8 Å². The third-order valence-corrected chi connectivity index (χ3v) is 3.63. The van der Waals surface area contributed by atoms with E-state index in [1.54, 1.807) is 37.8 Å². The summed E-state index contributed by atoms with van der Waals surface area (Å²) in [6, 6.07) is 6.08. The zero-order chi connectivity index (χ0) is 17.9. The van der Waals surface area contributed by atoms with Crippen LogP contribution in [0.2, 0.25) is 0 Å². The van der Waals surface area contributed by atoms with Crippen LogP contribution in [-0.2, 0) is 4.74 Å². The Morgan fingerprint density at radius 1 is 1.33 bits per heavy atom. The second kappa shape index (κ2) is 7.23. The number of likely N-dealkylation sites (tertiary alicyclic amines) is 1. The van der Waals surface area contributed by atoms with Gasteiger partial charge in [0.05, 0.1) is 6.04 Å². The summed E-state index contributed by atoms with van der Waals surface area (Å²) in [5.41, 5.74) is 0.0889. The van der Waals surface area contributed by atoms with Gasteiger partial charge in [0, 0.05) is 18.7 Å². The number of amides is 2. The van der Waals surface area contributed by atoms with Gasteiger partial charge >= 0.3 is 13.2 Å². The first-order valence-corrected chi connectivity index (χ1v) is 7.90. The fourth-order valence-electron chi connectivity index (χ4n) is 2.55. The van der Waals surface area contributed by atoms with Gasteiger partial charge in [-0.1, -0.05) is 12.1 Å². The molecule has 1 aromatic rings. The van der Waals surface area contributed by atoms with Crippen LogP contribution < -0.4 is 10.8 Å². The van der Waals surface area contributed by atoms with Crippen molar-refractivity contribution in [1.82, 2.24) is 10.2 Å². The SMILES string of the molecule is CC(C)(C)OC(=O)N[C@H]1CCN(C(=O)c2cccc(B(O)O)c2)C1. The fourth-order valence-corrected chi connectivity index (χ4v) is 2.55. The predicted octanol–water partition coefficient (Wildman–Crippen LogP) is 0.106. The highest BCUT2D eigenvalue weighted by atomic mass is 16.6. The van der Waals surface area contributed by atoms with E-state index in [0.29, 0.717) is 25.1 Å². The fraction of sp³-hybridized carbons (Fsp3) is 0.500. The van der Waals surface area contributed by atoms with Gasteiger partial charge in [0.1, 0.15) is 5.60 Å². The van der Waals surface area contributed by atoms with E-state index in [0.717, 1.165) is 0 Å². The molecule has 0 aliphatic carbocycles. The van der Waals surface area contributed by atoms with Crippen LogP contribution in [0, 0.1) is 0 Å². The minimum atomic E-state index is -1.61. The number of benzene rings is 1. The molecule has 1 aromatic carbocycles. The van der Waals surface area contributed by atoms with E-state index in [9.17, 15) is 19.6 Å². The number of nitrogens with one attached hydrogen (secondary N) is 1. The smallest absolute Gasteiger partial charge is 0.444 e. The number of alkyl carbamates (subject to hydrolysis) is 1. The van der Waals surface area contributed by atoms with Gasteiger partial charge in [-0.3, -0.25) is 4.79 Å². The Morgan fingerprint density at radius 3 is 2.67 bits per heavy atom. The molecule has 24 heavy (non-hydrogen) atoms. The van der Waals surface area contributed by atoms with Gasteiger partial charge in [0.15, 0.2) is 0 Å². The van der Waals surface area contributed by atoms with E-state index in [1.807, 2.05) is 0 Å². The molecule has 0 saturated carbocycles. The van der Waals surface area contributed by atoms with Crippen molar-refractivity contribution in [1.29, 1.82) is 0 Å². The van der Waals surface area contributed by atoms with Crippen molar-refractivity contribution in [2.45, 2.75) is 38.8 Å². The van der Waals surface area contributed by atoms with Gasteiger partial charge in [-0.05, 0) is 44.8 Å². The molecule has 3 N–H and O–H groups in total. The Balaban J connectivity index is 1.94. The van der Waals surface area contributed by atoms with Crippen molar-refractivity contribution in [3.63, 3.8) is 0 Å². The number of rotatable bonds is 3. The maximum absolute atomic E-state index is 12.5. The average Bonchev–Trinajstić information content (AvgIpc) is 2.92. The van der Waals surface area contributed by atoms with Crippen LogP contribution in [0.25, 0.3) is 0 Å². The molecular weight excluding hydrogens is 311 g/mol. The lowest BCUT2D eigenvalue weighted by molar-refractivity contribution is 0.0502. The quantitative estimate of drug-likeness (QED) is 0.681. The number of carbonyl (C=O) groups is 2. The van der Waals surface area contributed by atoms with Crippen LogP contribution in [0.5, 0.6) is 0 Å². The van der Waals surface area contributed by atoms with Crippen molar-refractivity contribution >= 4 is 24.6 Å². The molecule has 7 nitrogen and oxygen atoms in total. The van der Waals surface area contributed by atoms with E-state index in [1.165, 1.54) is 12.1 Å². The number of hydrogen-bond donors (Lipinski definition) is 3. The highest BCUT2D eigenvalue weighted by molar-refractivity contribution is 6.58. The van der Waals surface area contributed by atoms with Gasteiger partial charge in [-0.15, -0.1) is 0 Å². The van der Waals surface area contributed by atoms with Crippen LogP contribution in [0.1, 0.15) is 37.6 Å². The molecule has 130 valence electrons. The van der Waals surface area contributed by atoms with E-state index < -0.39 is 18.8 Å². The lowest BCUT2D eigenvalue weighted by Gasteiger charge is -2.22. The third kappa shape index (κ3) is 4.97. The van der Waals surface area contributed by atoms with Gasteiger partial charge in [-0.25, -0.2) is 4.79 Å². The summed E-state index contributed by atoms with van der Waals surface area (Å²) in [5, 5.41) is 21.2. The molecule has 0 radical (unpaired) electrons. The monoisotopic (exact) mass is 334 g/mol. The molecule has 2 amide bonds. The Hall–Kier alpha value is -2.06. The Bertz CT molecular complexity index is 615. The number of nitrogens with zero attached hydrogens (tertiary/aromatic N) is 1. The van der Waals surface area contributed by atoms with Crippen LogP contribution >= 0.6 is 0 Å². The molecule has 2 rings (SSSR count). The maximum Gasteiger partial charge on any atom is 0.488 e.